The summed E-state index contributed by atoms with van der Waals surface area (Å²) in [7, 11) is 1.37. The van der Waals surface area contributed by atoms with Crippen LogP contribution in [0.15, 0.2) is 16.7 Å². The maximum absolute atomic E-state index is 11.9. The minimum atomic E-state index is -0.400. The molecule has 1 heterocycles. The predicted octanol–water partition coefficient (Wildman–Crippen LogP) is 4.76. The molecule has 1 aromatic rings. The Kier molecular flexibility index (Phi) is 7.89. The minimum Gasteiger partial charge on any atom is -0.465 e. The molecule has 0 bridgehead atoms. The molecule has 0 spiro atoms. The minimum absolute atomic E-state index is 0.106. The van der Waals surface area contributed by atoms with Crippen LogP contribution >= 0.6 is 15.9 Å². The molecule has 1 aromatic heterocycles. The number of ether oxygens (including phenoxy) is 1. The number of nitrogens with two attached hydrogens (primary N) is 1. The third kappa shape index (κ3) is 5.95. The van der Waals surface area contributed by atoms with E-state index in [9.17, 15) is 4.79 Å². The van der Waals surface area contributed by atoms with E-state index < -0.39 is 5.97 Å². The van der Waals surface area contributed by atoms with Crippen molar-refractivity contribution in [1.29, 1.82) is 0 Å². The highest BCUT2D eigenvalue weighted by Crippen LogP contribution is 2.36. The van der Waals surface area contributed by atoms with Crippen molar-refractivity contribution in [3.8, 4) is 0 Å². The molecule has 0 aromatic carbocycles. The van der Waals surface area contributed by atoms with Crippen LogP contribution in [-0.4, -0.2) is 30.6 Å². The first-order chi connectivity index (χ1) is 12.3. The van der Waals surface area contributed by atoms with E-state index in [2.05, 4.69) is 40.1 Å². The van der Waals surface area contributed by atoms with Gasteiger partial charge in [-0.1, -0.05) is 46.0 Å². The Labute approximate surface area is 165 Å². The average Bonchev–Trinajstić information content (AvgIpc) is 2.62. The summed E-state index contributed by atoms with van der Waals surface area (Å²) in [5.41, 5.74) is 7.06. The molecular weight excluding hydrogens is 394 g/mol. The van der Waals surface area contributed by atoms with E-state index in [-0.39, 0.29) is 11.5 Å². The molecule has 26 heavy (non-hydrogen) atoms. The van der Waals surface area contributed by atoms with Crippen LogP contribution in [0.4, 0.5) is 5.82 Å². The monoisotopic (exact) mass is 425 g/mol. The lowest BCUT2D eigenvalue weighted by Gasteiger charge is -2.36. The summed E-state index contributed by atoms with van der Waals surface area (Å²) < 4.78 is 5.58. The maximum Gasteiger partial charge on any atom is 0.341 e. The van der Waals surface area contributed by atoms with Crippen molar-refractivity contribution in [2.75, 3.05) is 19.0 Å². The average molecular weight is 426 g/mol. The van der Waals surface area contributed by atoms with Crippen LogP contribution in [0.25, 0.3) is 0 Å². The first-order valence-electron chi connectivity index (χ1n) is 9.57. The van der Waals surface area contributed by atoms with Gasteiger partial charge < -0.3 is 15.8 Å². The fraction of sp³-hybridized carbons (Fsp3) is 0.700. The van der Waals surface area contributed by atoms with Crippen molar-refractivity contribution in [2.24, 2.45) is 17.1 Å². The fourth-order valence-corrected chi connectivity index (χ4v) is 4.20. The number of halogens is 1. The van der Waals surface area contributed by atoms with E-state index in [0.29, 0.717) is 17.9 Å². The Bertz CT molecular complexity index is 601. The molecule has 1 atom stereocenters. The highest BCUT2D eigenvalue weighted by atomic mass is 79.9. The summed E-state index contributed by atoms with van der Waals surface area (Å²) in [5.74, 6) is 0.956. The number of pyridine rings is 1. The number of nitrogens with one attached hydrogen (secondary N) is 1. The topological polar surface area (TPSA) is 77.2 Å². The number of carbonyl (C=O) groups is 1. The lowest BCUT2D eigenvalue weighted by molar-refractivity contribution is 0.0601. The van der Waals surface area contributed by atoms with Crippen molar-refractivity contribution < 1.29 is 9.53 Å². The Morgan fingerprint density at radius 2 is 2.12 bits per heavy atom. The molecule has 6 heteroatoms. The molecule has 2 rings (SSSR count). The van der Waals surface area contributed by atoms with Gasteiger partial charge in [0, 0.05) is 23.3 Å². The van der Waals surface area contributed by atoms with E-state index >= 15 is 0 Å². The van der Waals surface area contributed by atoms with Crippen LogP contribution in [0, 0.1) is 11.3 Å². The molecule has 0 saturated heterocycles. The number of rotatable bonds is 8. The third-order valence-electron chi connectivity index (χ3n) is 5.55. The van der Waals surface area contributed by atoms with E-state index in [1.807, 2.05) is 0 Å². The summed E-state index contributed by atoms with van der Waals surface area (Å²) >= 11 is 3.34. The van der Waals surface area contributed by atoms with Gasteiger partial charge in [-0.25, -0.2) is 9.78 Å². The summed E-state index contributed by atoms with van der Waals surface area (Å²) in [6, 6.07) is 1.82. The molecule has 1 aliphatic carbocycles. The molecule has 1 aliphatic rings. The van der Waals surface area contributed by atoms with Crippen molar-refractivity contribution in [3.05, 3.63) is 22.3 Å². The zero-order chi connectivity index (χ0) is 19.2. The van der Waals surface area contributed by atoms with Gasteiger partial charge >= 0.3 is 5.97 Å². The number of methoxy groups -OCH3 is 1. The van der Waals surface area contributed by atoms with Gasteiger partial charge in [0.1, 0.15) is 11.4 Å². The van der Waals surface area contributed by atoms with E-state index in [1.54, 1.807) is 12.3 Å². The van der Waals surface area contributed by atoms with Gasteiger partial charge in [-0.15, -0.1) is 0 Å². The molecule has 1 saturated carbocycles. The zero-order valence-corrected chi connectivity index (χ0v) is 17.8. The summed E-state index contributed by atoms with van der Waals surface area (Å²) in [5, 5.41) is 3.25. The number of hydrogen-bond acceptors (Lipinski definition) is 5. The summed E-state index contributed by atoms with van der Waals surface area (Å²) in [4.78, 5) is 16.2. The van der Waals surface area contributed by atoms with Crippen LogP contribution in [0.5, 0.6) is 0 Å². The molecular formula is C20H32BrN3O2. The van der Waals surface area contributed by atoms with Crippen molar-refractivity contribution in [2.45, 2.75) is 64.8 Å². The second-order valence-electron chi connectivity index (χ2n) is 8.06. The number of anilines is 1. The highest BCUT2D eigenvalue weighted by molar-refractivity contribution is 9.10. The number of aromatic nitrogens is 1. The van der Waals surface area contributed by atoms with Crippen molar-refractivity contribution >= 4 is 27.7 Å². The largest absolute Gasteiger partial charge is 0.465 e. The van der Waals surface area contributed by atoms with Gasteiger partial charge in [-0.05, 0) is 46.2 Å². The van der Waals surface area contributed by atoms with Gasteiger partial charge in [0.05, 0.1) is 7.11 Å². The number of hydrogen-bond donors (Lipinski definition) is 2. The molecule has 0 amide bonds. The molecule has 1 unspecified atom stereocenters. The summed E-state index contributed by atoms with van der Waals surface area (Å²) in [6.07, 6.45) is 10.5. The van der Waals surface area contributed by atoms with Gasteiger partial charge in [-0.2, -0.15) is 0 Å². The van der Waals surface area contributed by atoms with Crippen LogP contribution in [0.1, 0.15) is 69.2 Å². The standard InChI is InChI=1S/C20H32BrN3O2/c1-20(2,12-14-7-5-4-6-8-14)17(22)9-10-23-18-16(19(25)26-3)11-15(21)13-24-18/h11,13-14,17H,4-10,12,22H2,1-3H3,(H,23,24). The normalized spacial score (nSPS) is 17.0. The lowest BCUT2D eigenvalue weighted by atomic mass is 9.72. The predicted molar refractivity (Wildman–Crippen MR) is 109 cm³/mol. The van der Waals surface area contributed by atoms with Gasteiger partial charge in [0.25, 0.3) is 0 Å². The second-order valence-corrected chi connectivity index (χ2v) is 8.98. The van der Waals surface area contributed by atoms with E-state index in [0.717, 1.165) is 16.8 Å². The van der Waals surface area contributed by atoms with Crippen LogP contribution in [0.3, 0.4) is 0 Å². The summed E-state index contributed by atoms with van der Waals surface area (Å²) in [6.45, 7) is 5.24. The smallest absolute Gasteiger partial charge is 0.341 e. The SMILES string of the molecule is COC(=O)c1cc(Br)cnc1NCCC(N)C(C)(C)CC1CCCCC1. The van der Waals surface area contributed by atoms with Crippen molar-refractivity contribution in [3.63, 3.8) is 0 Å². The maximum atomic E-state index is 11.9. The van der Waals surface area contributed by atoms with Crippen LogP contribution < -0.4 is 11.1 Å². The Morgan fingerprint density at radius 1 is 1.42 bits per heavy atom. The van der Waals surface area contributed by atoms with Crippen LogP contribution in [0.2, 0.25) is 0 Å². The quantitative estimate of drug-likeness (QED) is 0.587. The Hall–Kier alpha value is -1.14. The fourth-order valence-electron chi connectivity index (χ4n) is 3.87. The van der Waals surface area contributed by atoms with E-state index in [4.69, 9.17) is 10.5 Å². The number of carbonyl (C=O) groups excluding carboxylic acids is 1. The van der Waals surface area contributed by atoms with Gasteiger partial charge in [0.15, 0.2) is 0 Å². The molecule has 146 valence electrons. The number of nitrogens with zero attached hydrogens (tertiary/aromatic N) is 1. The van der Waals surface area contributed by atoms with Crippen LogP contribution in [-0.2, 0) is 4.74 Å². The molecule has 0 aliphatic heterocycles. The molecule has 1 fully saturated rings. The van der Waals surface area contributed by atoms with E-state index in [1.165, 1.54) is 45.6 Å². The Balaban J connectivity index is 1.89. The Morgan fingerprint density at radius 3 is 2.77 bits per heavy atom. The molecule has 3 N–H and O–H groups in total. The zero-order valence-electron chi connectivity index (χ0n) is 16.2. The molecule has 0 radical (unpaired) electrons. The van der Waals surface area contributed by atoms with Gasteiger partial charge in [0.2, 0.25) is 0 Å². The highest BCUT2D eigenvalue weighted by Gasteiger charge is 2.30. The first kappa shape index (κ1) is 21.2. The first-order valence-corrected chi connectivity index (χ1v) is 10.4. The second kappa shape index (κ2) is 9.70. The lowest BCUT2D eigenvalue weighted by Crippen LogP contribution is -2.40. The third-order valence-corrected chi connectivity index (χ3v) is 5.98. The molecule has 5 nitrogen and oxygen atoms in total. The van der Waals surface area contributed by atoms with Crippen molar-refractivity contribution in [1.82, 2.24) is 4.98 Å². The number of esters is 1. The van der Waals surface area contributed by atoms with Gasteiger partial charge in [-0.3, -0.25) is 0 Å².